The highest BCUT2D eigenvalue weighted by molar-refractivity contribution is 5.71. The SMILES string of the molecule is C/C(=C\c1cc(F)cc(N2CCOCC2)c1)[C@H]1OC(=O)C[C@H](O)CC[C@H](C)[C@@H](OC(=O)N(C)Cc2ccncc2)/C=C\[C@@H]1C. The van der Waals surface area contributed by atoms with Gasteiger partial charge in [-0.3, -0.25) is 9.78 Å². The van der Waals surface area contributed by atoms with E-state index in [1.165, 1.54) is 17.0 Å². The molecular weight excluding hydrogens is 565 g/mol. The minimum absolute atomic E-state index is 0.109. The van der Waals surface area contributed by atoms with Crippen molar-refractivity contribution in [2.75, 3.05) is 38.3 Å². The van der Waals surface area contributed by atoms with Crippen LogP contribution in [0.15, 0.2) is 60.5 Å². The van der Waals surface area contributed by atoms with Crippen LogP contribution in [-0.4, -0.2) is 78.7 Å². The van der Waals surface area contributed by atoms with E-state index in [-0.39, 0.29) is 24.1 Å². The molecular formula is C34H44FN3O6. The number of amides is 1. The van der Waals surface area contributed by atoms with Gasteiger partial charge in [0.25, 0.3) is 0 Å². The molecule has 0 radical (unpaired) electrons. The Morgan fingerprint density at radius 2 is 1.89 bits per heavy atom. The van der Waals surface area contributed by atoms with E-state index in [0.717, 1.165) is 16.8 Å². The minimum atomic E-state index is -0.890. The first-order valence-corrected chi connectivity index (χ1v) is 15.3. The van der Waals surface area contributed by atoms with Crippen molar-refractivity contribution >= 4 is 23.8 Å². The summed E-state index contributed by atoms with van der Waals surface area (Å²) in [4.78, 5) is 33.5. The van der Waals surface area contributed by atoms with Gasteiger partial charge in [0.05, 0.1) is 25.7 Å². The molecule has 1 amide bonds. The molecule has 0 saturated carbocycles. The molecule has 1 N–H and O–H groups in total. The fourth-order valence-electron chi connectivity index (χ4n) is 5.51. The molecule has 3 heterocycles. The summed E-state index contributed by atoms with van der Waals surface area (Å²) in [5.74, 6) is -1.27. The van der Waals surface area contributed by atoms with Gasteiger partial charge < -0.3 is 29.1 Å². The number of hydrogen-bond donors (Lipinski definition) is 1. The Balaban J connectivity index is 1.55. The van der Waals surface area contributed by atoms with Crippen LogP contribution in [0.2, 0.25) is 0 Å². The number of nitrogens with zero attached hydrogens (tertiary/aromatic N) is 3. The number of benzene rings is 1. The third kappa shape index (κ3) is 9.62. The average Bonchev–Trinajstić information content (AvgIpc) is 3.00. The van der Waals surface area contributed by atoms with Crippen molar-refractivity contribution in [1.82, 2.24) is 9.88 Å². The highest BCUT2D eigenvalue weighted by atomic mass is 19.1. The van der Waals surface area contributed by atoms with Crippen LogP contribution in [0.3, 0.4) is 0 Å². The summed E-state index contributed by atoms with van der Waals surface area (Å²) in [7, 11) is 1.68. The fourth-order valence-corrected chi connectivity index (χ4v) is 5.51. The van der Waals surface area contributed by atoms with Gasteiger partial charge in [-0.15, -0.1) is 0 Å². The maximum atomic E-state index is 14.7. The summed E-state index contributed by atoms with van der Waals surface area (Å²) < 4.78 is 31.9. The largest absolute Gasteiger partial charge is 0.457 e. The van der Waals surface area contributed by atoms with Gasteiger partial charge in [0, 0.05) is 50.7 Å². The highest BCUT2D eigenvalue weighted by Crippen LogP contribution is 2.27. The number of ether oxygens (including phenoxy) is 3. The lowest BCUT2D eigenvalue weighted by atomic mass is 9.91. The second-order valence-electron chi connectivity index (χ2n) is 11.9. The molecule has 10 heteroatoms. The first kappa shape index (κ1) is 33.1. The van der Waals surface area contributed by atoms with Crippen molar-refractivity contribution in [1.29, 1.82) is 0 Å². The molecule has 0 aliphatic carbocycles. The zero-order valence-corrected chi connectivity index (χ0v) is 26.0. The predicted octanol–water partition coefficient (Wildman–Crippen LogP) is 5.38. The molecule has 238 valence electrons. The third-order valence-electron chi connectivity index (χ3n) is 8.10. The number of hydrogen-bond acceptors (Lipinski definition) is 8. The van der Waals surface area contributed by atoms with E-state index < -0.39 is 30.4 Å². The first-order valence-electron chi connectivity index (χ1n) is 15.3. The van der Waals surface area contributed by atoms with E-state index in [2.05, 4.69) is 9.88 Å². The molecule has 2 aromatic rings. The van der Waals surface area contributed by atoms with Crippen LogP contribution in [-0.2, 0) is 25.5 Å². The van der Waals surface area contributed by atoms with Gasteiger partial charge >= 0.3 is 12.1 Å². The molecule has 4 rings (SSSR count). The normalized spacial score (nSPS) is 26.1. The van der Waals surface area contributed by atoms with Gasteiger partial charge in [-0.05, 0) is 78.8 Å². The lowest BCUT2D eigenvalue weighted by Crippen LogP contribution is -2.36. The van der Waals surface area contributed by atoms with E-state index in [1.54, 1.807) is 19.4 Å². The van der Waals surface area contributed by atoms with E-state index in [9.17, 15) is 19.1 Å². The van der Waals surface area contributed by atoms with Crippen molar-refractivity contribution in [2.24, 2.45) is 11.8 Å². The van der Waals surface area contributed by atoms with E-state index in [4.69, 9.17) is 14.2 Å². The smallest absolute Gasteiger partial charge is 0.410 e. The Labute approximate surface area is 259 Å². The highest BCUT2D eigenvalue weighted by Gasteiger charge is 2.28. The molecule has 1 aromatic heterocycles. The molecule has 9 nitrogen and oxygen atoms in total. The van der Waals surface area contributed by atoms with Crippen LogP contribution in [0.25, 0.3) is 6.08 Å². The number of esters is 1. The van der Waals surface area contributed by atoms with Crippen LogP contribution in [0.5, 0.6) is 0 Å². The number of morpholine rings is 1. The van der Waals surface area contributed by atoms with Crippen LogP contribution in [0.1, 0.15) is 51.2 Å². The number of aromatic nitrogens is 1. The quantitative estimate of drug-likeness (QED) is 0.344. The maximum absolute atomic E-state index is 14.7. The van der Waals surface area contributed by atoms with Crippen molar-refractivity contribution in [3.63, 3.8) is 0 Å². The van der Waals surface area contributed by atoms with Crippen molar-refractivity contribution < 1.29 is 33.3 Å². The molecule has 2 aliphatic heterocycles. The second kappa shape index (κ2) is 15.8. The molecule has 0 bridgehead atoms. The predicted molar refractivity (Wildman–Crippen MR) is 166 cm³/mol. The number of pyridine rings is 1. The summed E-state index contributed by atoms with van der Waals surface area (Å²) in [5.41, 5.74) is 3.08. The average molecular weight is 610 g/mol. The first-order chi connectivity index (χ1) is 21.1. The summed E-state index contributed by atoms with van der Waals surface area (Å²) in [5, 5.41) is 10.6. The van der Waals surface area contributed by atoms with Crippen LogP contribution < -0.4 is 4.90 Å². The Kier molecular flexibility index (Phi) is 11.9. The number of halogens is 1. The summed E-state index contributed by atoms with van der Waals surface area (Å²) in [6.07, 6.45) is 7.08. The fraction of sp³-hybridized carbons (Fsp3) is 0.500. The summed E-state index contributed by atoms with van der Waals surface area (Å²) in [6.45, 7) is 8.63. The van der Waals surface area contributed by atoms with Gasteiger partial charge in [-0.2, -0.15) is 0 Å². The van der Waals surface area contributed by atoms with Crippen molar-refractivity contribution in [2.45, 2.75) is 64.9 Å². The van der Waals surface area contributed by atoms with Gasteiger partial charge in [0.15, 0.2) is 0 Å². The van der Waals surface area contributed by atoms with Gasteiger partial charge in [0.1, 0.15) is 18.0 Å². The monoisotopic (exact) mass is 609 g/mol. The Bertz CT molecular complexity index is 1310. The Morgan fingerprint density at radius 1 is 1.16 bits per heavy atom. The van der Waals surface area contributed by atoms with Crippen molar-refractivity contribution in [3.8, 4) is 0 Å². The summed E-state index contributed by atoms with van der Waals surface area (Å²) >= 11 is 0. The molecule has 1 fully saturated rings. The Hall–Kier alpha value is -3.76. The number of aliphatic hydroxyl groups excluding tert-OH is 1. The van der Waals surface area contributed by atoms with E-state index >= 15 is 0 Å². The number of cyclic esters (lactones) is 1. The van der Waals surface area contributed by atoms with Crippen LogP contribution in [0.4, 0.5) is 14.9 Å². The van der Waals surface area contributed by atoms with Gasteiger partial charge in [-0.25, -0.2) is 9.18 Å². The minimum Gasteiger partial charge on any atom is -0.457 e. The lowest BCUT2D eigenvalue weighted by Gasteiger charge is -2.29. The summed E-state index contributed by atoms with van der Waals surface area (Å²) in [6, 6.07) is 8.57. The zero-order valence-electron chi connectivity index (χ0n) is 26.0. The molecule has 0 unspecified atom stereocenters. The standard InChI is InChI=1S/C34H44FN3O6/c1-23-5-7-30(39)21-32(40)44-33(25(3)17-27-18-28(35)20-29(19-27)38-13-15-42-16-14-38)24(2)6-8-31(23)43-34(41)37(4)22-26-9-11-36-12-10-26/h6,8-12,17-20,23-24,30-31,33,39H,5,7,13-16,21-22H2,1-4H3/b8-6-,25-17+/t23-,24-,30+,31-,33-/m0/s1. The van der Waals surface area contributed by atoms with Gasteiger partial charge in [-0.1, -0.05) is 26.0 Å². The lowest BCUT2D eigenvalue weighted by molar-refractivity contribution is -0.151. The molecule has 1 saturated heterocycles. The van der Waals surface area contributed by atoms with Gasteiger partial charge in [0.2, 0.25) is 0 Å². The molecule has 0 spiro atoms. The third-order valence-corrected chi connectivity index (χ3v) is 8.10. The topological polar surface area (TPSA) is 101 Å². The zero-order chi connectivity index (χ0) is 31.6. The number of aliphatic hydroxyl groups is 1. The number of carbonyl (C=O) groups is 2. The molecule has 5 atom stereocenters. The number of anilines is 1. The maximum Gasteiger partial charge on any atom is 0.410 e. The van der Waals surface area contributed by atoms with Crippen molar-refractivity contribution in [3.05, 3.63) is 77.4 Å². The van der Waals surface area contributed by atoms with Crippen LogP contribution in [0, 0.1) is 17.7 Å². The Morgan fingerprint density at radius 3 is 2.61 bits per heavy atom. The second-order valence-corrected chi connectivity index (χ2v) is 11.9. The molecule has 44 heavy (non-hydrogen) atoms. The van der Waals surface area contributed by atoms with Crippen LogP contribution >= 0.6 is 0 Å². The number of rotatable bonds is 6. The van der Waals surface area contributed by atoms with E-state index in [1.807, 2.05) is 57.2 Å². The number of carbonyl (C=O) groups excluding carboxylic acids is 2. The molecule has 1 aromatic carbocycles. The molecule has 2 aliphatic rings. The van der Waals surface area contributed by atoms with E-state index in [0.29, 0.717) is 51.3 Å².